The van der Waals surface area contributed by atoms with Gasteiger partial charge in [0, 0.05) is 11.5 Å². The molecule has 0 saturated heterocycles. The molecule has 0 aromatic carbocycles. The van der Waals surface area contributed by atoms with E-state index in [0.717, 1.165) is 11.8 Å². The van der Waals surface area contributed by atoms with Gasteiger partial charge in [0.25, 0.3) is 0 Å². The number of hydrogen-bond acceptors (Lipinski definition) is 1. The van der Waals surface area contributed by atoms with Crippen LogP contribution in [0.15, 0.2) is 34.4 Å². The van der Waals surface area contributed by atoms with Crippen LogP contribution in [0.5, 0.6) is 0 Å². The summed E-state index contributed by atoms with van der Waals surface area (Å²) in [4.78, 5) is 0. The predicted molar refractivity (Wildman–Crippen MR) is 88.9 cm³/mol. The van der Waals surface area contributed by atoms with E-state index in [1.807, 2.05) is 0 Å². The fraction of sp³-hybridized carbons (Fsp3) is 0.700. The van der Waals surface area contributed by atoms with Crippen molar-refractivity contribution >= 4 is 0 Å². The van der Waals surface area contributed by atoms with Crippen molar-refractivity contribution in [3.05, 3.63) is 34.4 Å². The van der Waals surface area contributed by atoms with Gasteiger partial charge >= 0.3 is 0 Å². The average molecular weight is 283 g/mol. The van der Waals surface area contributed by atoms with Gasteiger partial charge in [-0.2, -0.15) is 0 Å². The van der Waals surface area contributed by atoms with Gasteiger partial charge in [-0.1, -0.05) is 12.2 Å². The van der Waals surface area contributed by atoms with Crippen LogP contribution in [-0.4, -0.2) is 6.04 Å². The van der Waals surface area contributed by atoms with Gasteiger partial charge in [0.1, 0.15) is 0 Å². The molecule has 1 nitrogen and oxygen atoms in total. The molecule has 4 rings (SSSR count). The molecule has 0 unspecified atom stereocenters. The number of nitrogens with two attached hydrogens (primary N) is 1. The molecule has 0 aliphatic heterocycles. The Morgan fingerprint density at radius 1 is 0.905 bits per heavy atom. The van der Waals surface area contributed by atoms with E-state index in [0.29, 0.717) is 11.5 Å². The SMILES string of the molecule is CC1=CC2=C(C)C=C1C21CCC(C2CCC(N)CC2)CC1. The molecule has 21 heavy (non-hydrogen) atoms. The monoisotopic (exact) mass is 283 g/mol. The smallest absolute Gasteiger partial charge is 0.0208 e. The molecule has 0 atom stereocenters. The van der Waals surface area contributed by atoms with Crippen LogP contribution in [-0.2, 0) is 0 Å². The highest BCUT2D eigenvalue weighted by Crippen LogP contribution is 2.61. The molecule has 2 saturated carbocycles. The molecule has 1 spiro atoms. The summed E-state index contributed by atoms with van der Waals surface area (Å²) in [5, 5.41) is 0. The lowest BCUT2D eigenvalue weighted by Crippen LogP contribution is -2.34. The van der Waals surface area contributed by atoms with Crippen LogP contribution in [0.2, 0.25) is 0 Å². The lowest BCUT2D eigenvalue weighted by atomic mass is 9.62. The van der Waals surface area contributed by atoms with Gasteiger partial charge in [0.05, 0.1) is 0 Å². The predicted octanol–water partition coefficient (Wildman–Crippen LogP) is 4.90. The zero-order chi connectivity index (χ0) is 14.6. The van der Waals surface area contributed by atoms with Crippen LogP contribution in [0, 0.1) is 17.3 Å². The topological polar surface area (TPSA) is 26.0 Å². The van der Waals surface area contributed by atoms with Gasteiger partial charge in [-0.05, 0) is 99.3 Å². The fourth-order valence-electron chi connectivity index (χ4n) is 5.75. The highest BCUT2D eigenvalue weighted by molar-refractivity contribution is 5.65. The summed E-state index contributed by atoms with van der Waals surface area (Å²) >= 11 is 0. The van der Waals surface area contributed by atoms with Gasteiger partial charge in [-0.3, -0.25) is 0 Å². The van der Waals surface area contributed by atoms with E-state index < -0.39 is 0 Å². The Morgan fingerprint density at radius 2 is 1.52 bits per heavy atom. The zero-order valence-electron chi connectivity index (χ0n) is 13.6. The van der Waals surface area contributed by atoms with Crippen molar-refractivity contribution in [1.29, 1.82) is 0 Å². The van der Waals surface area contributed by atoms with Gasteiger partial charge in [0.15, 0.2) is 0 Å². The maximum Gasteiger partial charge on any atom is 0.0208 e. The Hall–Kier alpha value is -0.820. The van der Waals surface area contributed by atoms with Gasteiger partial charge < -0.3 is 5.73 Å². The molecule has 0 radical (unpaired) electrons. The molecular weight excluding hydrogens is 254 g/mol. The van der Waals surface area contributed by atoms with E-state index >= 15 is 0 Å². The van der Waals surface area contributed by atoms with Gasteiger partial charge in [0.2, 0.25) is 0 Å². The van der Waals surface area contributed by atoms with Gasteiger partial charge in [-0.15, -0.1) is 0 Å². The summed E-state index contributed by atoms with van der Waals surface area (Å²) in [7, 11) is 0. The molecule has 0 aromatic heterocycles. The van der Waals surface area contributed by atoms with Crippen molar-refractivity contribution in [3.8, 4) is 0 Å². The lowest BCUT2D eigenvalue weighted by molar-refractivity contribution is 0.145. The second-order valence-electron chi connectivity index (χ2n) is 8.08. The third kappa shape index (κ3) is 2.00. The first-order valence-corrected chi connectivity index (χ1v) is 8.98. The number of rotatable bonds is 1. The molecule has 2 N–H and O–H groups in total. The van der Waals surface area contributed by atoms with Crippen LogP contribution in [0.25, 0.3) is 0 Å². The highest BCUT2D eigenvalue weighted by atomic mass is 14.6. The van der Waals surface area contributed by atoms with E-state index in [1.165, 1.54) is 62.5 Å². The first-order chi connectivity index (χ1) is 10.1. The molecule has 0 heterocycles. The molecule has 2 fully saturated rings. The van der Waals surface area contributed by atoms with Crippen molar-refractivity contribution < 1.29 is 0 Å². The minimum absolute atomic E-state index is 0.440. The van der Waals surface area contributed by atoms with E-state index in [1.54, 1.807) is 11.1 Å². The summed E-state index contributed by atoms with van der Waals surface area (Å²) in [6, 6.07) is 0.492. The summed E-state index contributed by atoms with van der Waals surface area (Å²) in [5.74, 6) is 1.95. The Bertz CT molecular complexity index is 532. The fourth-order valence-corrected chi connectivity index (χ4v) is 5.75. The van der Waals surface area contributed by atoms with E-state index in [9.17, 15) is 0 Å². The molecule has 2 bridgehead atoms. The van der Waals surface area contributed by atoms with Crippen molar-refractivity contribution in [3.63, 3.8) is 0 Å². The Morgan fingerprint density at radius 3 is 2.10 bits per heavy atom. The maximum absolute atomic E-state index is 6.08. The second-order valence-corrected chi connectivity index (χ2v) is 8.08. The average Bonchev–Trinajstić information content (AvgIpc) is 2.89. The van der Waals surface area contributed by atoms with Crippen LogP contribution in [0.1, 0.15) is 65.2 Å². The molecule has 4 aliphatic carbocycles. The highest BCUT2D eigenvalue weighted by Gasteiger charge is 2.48. The molecular formula is C20H29N. The lowest BCUT2D eigenvalue weighted by Gasteiger charge is -2.42. The standard InChI is InChI=1S/C20H29N/c1-13-11-19-14(2)12-18(13)20(19)9-7-16(8-10-20)15-3-5-17(21)6-4-15/h11-12,15-17H,3-10,21H2,1-2H3. The second kappa shape index (κ2) is 4.84. The zero-order valence-corrected chi connectivity index (χ0v) is 13.6. The Kier molecular flexibility index (Phi) is 3.19. The Labute approximate surface area is 129 Å². The van der Waals surface area contributed by atoms with E-state index in [4.69, 9.17) is 5.73 Å². The first kappa shape index (κ1) is 13.8. The number of allylic oxidation sites excluding steroid dienone is 6. The normalized spacial score (nSPS) is 42.5. The molecule has 114 valence electrons. The first-order valence-electron chi connectivity index (χ1n) is 8.98. The summed E-state index contributed by atoms with van der Waals surface area (Å²) in [6.45, 7) is 4.61. The van der Waals surface area contributed by atoms with Crippen molar-refractivity contribution in [2.24, 2.45) is 23.0 Å². The molecule has 0 aromatic rings. The molecule has 4 aliphatic rings. The van der Waals surface area contributed by atoms with Crippen LogP contribution < -0.4 is 5.73 Å². The van der Waals surface area contributed by atoms with Crippen molar-refractivity contribution in [2.45, 2.75) is 71.3 Å². The molecule has 0 amide bonds. The minimum atomic E-state index is 0.440. The van der Waals surface area contributed by atoms with Crippen molar-refractivity contribution in [2.75, 3.05) is 0 Å². The van der Waals surface area contributed by atoms with Crippen LogP contribution >= 0.6 is 0 Å². The third-order valence-corrected chi connectivity index (χ3v) is 6.97. The summed E-state index contributed by atoms with van der Waals surface area (Å²) < 4.78 is 0. The van der Waals surface area contributed by atoms with Gasteiger partial charge in [-0.25, -0.2) is 0 Å². The van der Waals surface area contributed by atoms with E-state index in [-0.39, 0.29) is 0 Å². The molecule has 1 heteroatoms. The van der Waals surface area contributed by atoms with E-state index in [2.05, 4.69) is 26.0 Å². The van der Waals surface area contributed by atoms with Crippen LogP contribution in [0.3, 0.4) is 0 Å². The third-order valence-electron chi connectivity index (χ3n) is 6.97. The largest absolute Gasteiger partial charge is 0.328 e. The minimum Gasteiger partial charge on any atom is -0.328 e. The maximum atomic E-state index is 6.08. The summed E-state index contributed by atoms with van der Waals surface area (Å²) in [6.07, 6.45) is 15.9. The quantitative estimate of drug-likeness (QED) is 0.728. The Balaban J connectivity index is 1.46. The summed E-state index contributed by atoms with van der Waals surface area (Å²) in [5.41, 5.74) is 12.9. The van der Waals surface area contributed by atoms with Crippen LogP contribution in [0.4, 0.5) is 0 Å². The van der Waals surface area contributed by atoms with Crippen molar-refractivity contribution in [1.82, 2.24) is 0 Å². The number of hydrogen-bond donors (Lipinski definition) is 1.